The molecule has 1 aromatic carbocycles. The van der Waals surface area contributed by atoms with Crippen LogP contribution in [0.4, 0.5) is 13.2 Å². The van der Waals surface area contributed by atoms with E-state index >= 15 is 0 Å². The van der Waals surface area contributed by atoms with E-state index in [0.717, 1.165) is 15.8 Å². The highest BCUT2D eigenvalue weighted by atomic mass is 19.4. The van der Waals surface area contributed by atoms with Gasteiger partial charge in [0.25, 0.3) is 0 Å². The molecule has 2 aromatic rings. The maximum absolute atomic E-state index is 12.8. The zero-order chi connectivity index (χ0) is 19.6. The Morgan fingerprint density at radius 3 is 2.81 bits per heavy atom. The Kier molecular flexibility index (Phi) is 5.53. The van der Waals surface area contributed by atoms with Crippen molar-refractivity contribution in [3.05, 3.63) is 52.3 Å². The van der Waals surface area contributed by atoms with Crippen molar-refractivity contribution in [3.63, 3.8) is 0 Å². The van der Waals surface area contributed by atoms with Gasteiger partial charge in [0, 0.05) is 24.3 Å². The molecule has 8 heteroatoms. The number of benzene rings is 1. The maximum atomic E-state index is 12.8. The van der Waals surface area contributed by atoms with Crippen LogP contribution in [0.15, 0.2) is 24.3 Å². The Morgan fingerprint density at radius 1 is 1.33 bits per heavy atom. The number of alkyl halides is 3. The zero-order valence-corrected chi connectivity index (χ0v) is 15.3. The summed E-state index contributed by atoms with van der Waals surface area (Å²) in [6, 6.07) is 9.31. The van der Waals surface area contributed by atoms with Crippen LogP contribution in [0.3, 0.4) is 0 Å². The number of hydrogen-bond acceptors (Lipinski definition) is 4. The molecule has 144 valence electrons. The van der Waals surface area contributed by atoms with Gasteiger partial charge >= 0.3 is 6.18 Å². The van der Waals surface area contributed by atoms with E-state index in [1.54, 1.807) is 19.9 Å². The van der Waals surface area contributed by atoms with Crippen LogP contribution in [-0.2, 0) is 17.8 Å². The maximum Gasteiger partial charge on any atom is 0.408 e. The van der Waals surface area contributed by atoms with Crippen molar-refractivity contribution >= 4 is 0 Å². The summed E-state index contributed by atoms with van der Waals surface area (Å²) < 4.78 is 45.1. The Bertz CT molecular complexity index is 854. The van der Waals surface area contributed by atoms with E-state index in [1.807, 2.05) is 18.2 Å². The number of hydrogen-bond donors (Lipinski definition) is 0. The predicted molar refractivity (Wildman–Crippen MR) is 92.9 cm³/mol. The fourth-order valence-corrected chi connectivity index (χ4v) is 3.58. The summed E-state index contributed by atoms with van der Waals surface area (Å²) in [5.41, 5.74) is 3.45. The summed E-state index contributed by atoms with van der Waals surface area (Å²) >= 11 is 0. The molecule has 0 saturated carbocycles. The smallest absolute Gasteiger partial charge is 0.378 e. The molecule has 1 aliphatic rings. The highest BCUT2D eigenvalue weighted by Crippen LogP contribution is 2.31. The fourth-order valence-electron chi connectivity index (χ4n) is 3.58. The predicted octanol–water partition coefficient (Wildman–Crippen LogP) is 3.51. The van der Waals surface area contributed by atoms with E-state index in [0.29, 0.717) is 43.3 Å². The zero-order valence-electron chi connectivity index (χ0n) is 15.3. The molecule has 0 spiro atoms. The van der Waals surface area contributed by atoms with Crippen molar-refractivity contribution in [2.45, 2.75) is 39.2 Å². The van der Waals surface area contributed by atoms with E-state index in [4.69, 9.17) is 10.00 Å². The molecule has 1 atom stereocenters. The molecule has 1 aromatic heterocycles. The van der Waals surface area contributed by atoms with Crippen molar-refractivity contribution in [2.24, 2.45) is 0 Å². The van der Waals surface area contributed by atoms with Crippen molar-refractivity contribution in [2.75, 3.05) is 19.8 Å². The van der Waals surface area contributed by atoms with Crippen LogP contribution < -0.4 is 0 Å². The highest BCUT2D eigenvalue weighted by Gasteiger charge is 2.33. The van der Waals surface area contributed by atoms with Gasteiger partial charge in [-0.3, -0.25) is 9.58 Å². The lowest BCUT2D eigenvalue weighted by atomic mass is 10.0. The van der Waals surface area contributed by atoms with Crippen LogP contribution in [0, 0.1) is 25.2 Å². The molecule has 0 radical (unpaired) electrons. The first kappa shape index (κ1) is 19.4. The number of aromatic nitrogens is 2. The highest BCUT2D eigenvalue weighted by molar-refractivity contribution is 5.33. The van der Waals surface area contributed by atoms with Gasteiger partial charge in [0.15, 0.2) is 0 Å². The molecule has 0 aliphatic carbocycles. The number of aryl methyl sites for hydroxylation is 1. The third-order valence-electron chi connectivity index (χ3n) is 4.78. The molecule has 0 N–H and O–H groups in total. The Morgan fingerprint density at radius 2 is 2.11 bits per heavy atom. The van der Waals surface area contributed by atoms with Crippen LogP contribution in [0.25, 0.3) is 0 Å². The van der Waals surface area contributed by atoms with Gasteiger partial charge in [-0.1, -0.05) is 12.1 Å². The fraction of sp³-hybridized carbons (Fsp3) is 0.474. The quantitative estimate of drug-likeness (QED) is 0.817. The van der Waals surface area contributed by atoms with Crippen molar-refractivity contribution in [1.82, 2.24) is 14.7 Å². The summed E-state index contributed by atoms with van der Waals surface area (Å²) in [6.07, 6.45) is -4.32. The third kappa shape index (κ3) is 4.49. The van der Waals surface area contributed by atoms with E-state index in [-0.39, 0.29) is 6.04 Å². The number of rotatable bonds is 4. The topological polar surface area (TPSA) is 54.1 Å². The number of ether oxygens (including phenoxy) is 1. The summed E-state index contributed by atoms with van der Waals surface area (Å²) in [5, 5.41) is 13.2. The minimum atomic E-state index is -4.32. The second kappa shape index (κ2) is 7.71. The summed E-state index contributed by atoms with van der Waals surface area (Å²) in [5.74, 6) is 0. The first-order valence-electron chi connectivity index (χ1n) is 8.70. The van der Waals surface area contributed by atoms with Gasteiger partial charge in [-0.2, -0.15) is 23.5 Å². The van der Waals surface area contributed by atoms with E-state index in [1.165, 1.54) is 0 Å². The number of nitriles is 1. The standard InChI is InChI=1S/C19H21F3N4O/c1-13-18(14(2)26(24-13)12-19(20,21)22)17-11-27-7-6-25(17)10-16-5-3-4-15(8-16)9-23/h3-5,8,17H,6-7,10-12H2,1-2H3/t17-/m1/s1. The van der Waals surface area contributed by atoms with Gasteiger partial charge in [-0.15, -0.1) is 0 Å². The van der Waals surface area contributed by atoms with Gasteiger partial charge in [-0.05, 0) is 31.5 Å². The minimum absolute atomic E-state index is 0.175. The monoisotopic (exact) mass is 378 g/mol. The Balaban J connectivity index is 1.88. The molecule has 0 amide bonds. The van der Waals surface area contributed by atoms with Crippen LogP contribution >= 0.6 is 0 Å². The second-order valence-corrected chi connectivity index (χ2v) is 6.73. The van der Waals surface area contributed by atoms with Crippen LogP contribution in [0.2, 0.25) is 0 Å². The molecule has 1 fully saturated rings. The van der Waals surface area contributed by atoms with Gasteiger partial charge < -0.3 is 4.74 Å². The molecular weight excluding hydrogens is 357 g/mol. The van der Waals surface area contributed by atoms with Crippen LogP contribution in [0.5, 0.6) is 0 Å². The largest absolute Gasteiger partial charge is 0.408 e. The Labute approximate surface area is 156 Å². The molecule has 27 heavy (non-hydrogen) atoms. The first-order valence-corrected chi connectivity index (χ1v) is 8.70. The van der Waals surface area contributed by atoms with Gasteiger partial charge in [-0.25, -0.2) is 0 Å². The molecule has 1 aliphatic heterocycles. The van der Waals surface area contributed by atoms with E-state index < -0.39 is 12.7 Å². The van der Waals surface area contributed by atoms with Gasteiger partial charge in [0.05, 0.1) is 36.6 Å². The van der Waals surface area contributed by atoms with E-state index in [2.05, 4.69) is 16.1 Å². The van der Waals surface area contributed by atoms with Crippen molar-refractivity contribution in [1.29, 1.82) is 5.26 Å². The van der Waals surface area contributed by atoms with Crippen LogP contribution in [0.1, 0.15) is 34.1 Å². The number of nitrogens with zero attached hydrogens (tertiary/aromatic N) is 4. The van der Waals surface area contributed by atoms with Gasteiger partial charge in [0.1, 0.15) is 6.54 Å². The molecule has 1 saturated heterocycles. The van der Waals surface area contributed by atoms with Crippen molar-refractivity contribution in [3.8, 4) is 6.07 Å². The average molecular weight is 378 g/mol. The van der Waals surface area contributed by atoms with Crippen molar-refractivity contribution < 1.29 is 17.9 Å². The molecule has 2 heterocycles. The van der Waals surface area contributed by atoms with Gasteiger partial charge in [0.2, 0.25) is 0 Å². The summed E-state index contributed by atoms with van der Waals surface area (Å²) in [4.78, 5) is 2.18. The third-order valence-corrected chi connectivity index (χ3v) is 4.78. The Hall–Kier alpha value is -2.37. The lowest BCUT2D eigenvalue weighted by molar-refractivity contribution is -0.143. The summed E-state index contributed by atoms with van der Waals surface area (Å²) in [6.45, 7) is 4.51. The lowest BCUT2D eigenvalue weighted by Gasteiger charge is -2.36. The minimum Gasteiger partial charge on any atom is -0.378 e. The molecule has 0 bridgehead atoms. The SMILES string of the molecule is Cc1nn(CC(F)(F)F)c(C)c1[C@H]1COCCN1Cc1cccc(C#N)c1. The molecule has 3 rings (SSSR count). The molecule has 5 nitrogen and oxygen atoms in total. The average Bonchev–Trinajstić information content (AvgIpc) is 2.87. The number of halogens is 3. The normalized spacial score (nSPS) is 18.4. The number of morpholine rings is 1. The lowest BCUT2D eigenvalue weighted by Crippen LogP contribution is -2.39. The van der Waals surface area contributed by atoms with Crippen LogP contribution in [-0.4, -0.2) is 40.6 Å². The molecule has 0 unspecified atom stereocenters. The van der Waals surface area contributed by atoms with E-state index in [9.17, 15) is 13.2 Å². The molecular formula is C19H21F3N4O. The first-order chi connectivity index (χ1) is 12.8. The second-order valence-electron chi connectivity index (χ2n) is 6.73. The summed E-state index contributed by atoms with van der Waals surface area (Å²) in [7, 11) is 0.